The molecule has 2 aromatic heterocycles. The lowest BCUT2D eigenvalue weighted by molar-refractivity contribution is 0.237. The highest BCUT2D eigenvalue weighted by Crippen LogP contribution is 2.37. The average molecular weight is 444 g/mol. The number of amides is 1. The maximum absolute atomic E-state index is 13.8. The number of halogens is 1. The van der Waals surface area contributed by atoms with Gasteiger partial charge in [0.05, 0.1) is 7.11 Å². The second-order valence-corrected chi connectivity index (χ2v) is 7.66. The molecule has 0 saturated heterocycles. The van der Waals surface area contributed by atoms with Crippen LogP contribution in [0.5, 0.6) is 5.75 Å². The molecule has 1 amide bonds. The van der Waals surface area contributed by atoms with E-state index in [1.54, 1.807) is 18.3 Å². The first kappa shape index (κ1) is 23.5. The SMILES string of the molecule is CCN(CC)CCc1nc(-c2ccc(F)cc2OC)c(-c2ccn(C(=O)NC(C)C)n2)o1. The van der Waals surface area contributed by atoms with Gasteiger partial charge in [0, 0.05) is 36.8 Å². The number of methoxy groups -OCH3 is 1. The molecule has 0 atom stereocenters. The fourth-order valence-electron chi connectivity index (χ4n) is 3.35. The first-order valence-electron chi connectivity index (χ1n) is 10.8. The van der Waals surface area contributed by atoms with Crippen molar-refractivity contribution >= 4 is 6.03 Å². The van der Waals surface area contributed by atoms with Crippen molar-refractivity contribution in [1.82, 2.24) is 25.0 Å². The van der Waals surface area contributed by atoms with E-state index in [-0.39, 0.29) is 12.1 Å². The van der Waals surface area contributed by atoms with Gasteiger partial charge in [0.25, 0.3) is 0 Å². The Kier molecular flexibility index (Phi) is 7.63. The Balaban J connectivity index is 2.02. The molecule has 8 nitrogen and oxygen atoms in total. The van der Waals surface area contributed by atoms with Crippen molar-refractivity contribution < 1.29 is 18.3 Å². The number of aromatic nitrogens is 3. The lowest BCUT2D eigenvalue weighted by Gasteiger charge is -2.16. The Morgan fingerprint density at radius 3 is 2.69 bits per heavy atom. The van der Waals surface area contributed by atoms with E-state index in [2.05, 4.69) is 29.2 Å². The third kappa shape index (κ3) is 5.34. The van der Waals surface area contributed by atoms with Crippen LogP contribution in [0.1, 0.15) is 33.6 Å². The summed E-state index contributed by atoms with van der Waals surface area (Å²) in [6.45, 7) is 10.6. The Bertz CT molecular complexity index is 1060. The van der Waals surface area contributed by atoms with Crippen molar-refractivity contribution in [1.29, 1.82) is 0 Å². The average Bonchev–Trinajstić information content (AvgIpc) is 3.41. The topological polar surface area (TPSA) is 85.4 Å². The fourth-order valence-corrected chi connectivity index (χ4v) is 3.35. The third-order valence-electron chi connectivity index (χ3n) is 5.07. The van der Waals surface area contributed by atoms with Gasteiger partial charge in [0.15, 0.2) is 11.7 Å². The summed E-state index contributed by atoms with van der Waals surface area (Å²) < 4.78 is 26.5. The molecule has 0 aliphatic carbocycles. The molecule has 0 bridgehead atoms. The van der Waals surface area contributed by atoms with Crippen LogP contribution in [0.15, 0.2) is 34.9 Å². The van der Waals surface area contributed by atoms with E-state index in [1.807, 2.05) is 13.8 Å². The molecule has 1 N–H and O–H groups in total. The minimum atomic E-state index is -0.410. The second-order valence-electron chi connectivity index (χ2n) is 7.66. The number of likely N-dealkylation sites (N-methyl/N-ethyl adjacent to an activating group) is 1. The van der Waals surface area contributed by atoms with Gasteiger partial charge in [-0.05, 0) is 45.1 Å². The summed E-state index contributed by atoms with van der Waals surface area (Å²) >= 11 is 0. The molecule has 9 heteroatoms. The molecule has 1 aromatic carbocycles. The molecule has 3 aromatic rings. The predicted octanol–water partition coefficient (Wildman–Crippen LogP) is 4.20. The van der Waals surface area contributed by atoms with Gasteiger partial charge in [-0.3, -0.25) is 0 Å². The highest BCUT2D eigenvalue weighted by atomic mass is 19.1. The summed E-state index contributed by atoms with van der Waals surface area (Å²) in [7, 11) is 1.48. The van der Waals surface area contributed by atoms with Gasteiger partial charge in [0.2, 0.25) is 0 Å². The van der Waals surface area contributed by atoms with Crippen LogP contribution in [0.25, 0.3) is 22.7 Å². The van der Waals surface area contributed by atoms with Crippen LogP contribution < -0.4 is 10.1 Å². The van der Waals surface area contributed by atoms with Crippen molar-refractivity contribution in [3.63, 3.8) is 0 Å². The Labute approximate surface area is 187 Å². The highest BCUT2D eigenvalue weighted by Gasteiger charge is 2.23. The van der Waals surface area contributed by atoms with E-state index < -0.39 is 5.82 Å². The molecule has 0 spiro atoms. The molecule has 2 heterocycles. The first-order chi connectivity index (χ1) is 15.4. The summed E-state index contributed by atoms with van der Waals surface area (Å²) in [4.78, 5) is 19.3. The summed E-state index contributed by atoms with van der Waals surface area (Å²) in [6, 6.07) is 5.58. The molecule has 32 heavy (non-hydrogen) atoms. The second kappa shape index (κ2) is 10.4. The number of benzene rings is 1. The first-order valence-corrected chi connectivity index (χ1v) is 10.8. The van der Waals surface area contributed by atoms with E-state index in [4.69, 9.17) is 14.1 Å². The number of nitrogens with zero attached hydrogens (tertiary/aromatic N) is 4. The van der Waals surface area contributed by atoms with Crippen LogP contribution >= 0.6 is 0 Å². The molecule has 0 radical (unpaired) electrons. The zero-order valence-corrected chi connectivity index (χ0v) is 19.2. The van der Waals surface area contributed by atoms with E-state index in [9.17, 15) is 9.18 Å². The van der Waals surface area contributed by atoms with Gasteiger partial charge in [-0.1, -0.05) is 13.8 Å². The Morgan fingerprint density at radius 2 is 2.03 bits per heavy atom. The lowest BCUT2D eigenvalue weighted by atomic mass is 10.1. The number of hydrogen-bond donors (Lipinski definition) is 1. The van der Waals surface area contributed by atoms with Crippen molar-refractivity contribution in [2.24, 2.45) is 0 Å². The molecule has 172 valence electrons. The largest absolute Gasteiger partial charge is 0.496 e. The predicted molar refractivity (Wildman–Crippen MR) is 120 cm³/mol. The summed E-state index contributed by atoms with van der Waals surface area (Å²) in [5.41, 5.74) is 1.53. The minimum Gasteiger partial charge on any atom is -0.496 e. The maximum Gasteiger partial charge on any atom is 0.342 e. The summed E-state index contributed by atoms with van der Waals surface area (Å²) in [5.74, 6) is 0.869. The number of hydrogen-bond acceptors (Lipinski definition) is 6. The number of ether oxygens (including phenoxy) is 1. The number of rotatable bonds is 9. The Morgan fingerprint density at radius 1 is 1.28 bits per heavy atom. The standard InChI is InChI=1S/C23H30FN5O3/c1-6-28(7-2)12-11-20-26-21(17-9-8-16(24)14-19(17)31-5)22(32-20)18-10-13-29(27-18)23(30)25-15(3)4/h8-10,13-15H,6-7,11-12H2,1-5H3,(H,25,30). The van der Waals surface area contributed by atoms with Crippen LogP contribution in [0.2, 0.25) is 0 Å². The molecule has 3 rings (SSSR count). The molecule has 0 unspecified atom stereocenters. The molecule has 0 aliphatic rings. The van der Waals surface area contributed by atoms with Crippen LogP contribution in [-0.4, -0.2) is 58.5 Å². The minimum absolute atomic E-state index is 0.0221. The van der Waals surface area contributed by atoms with Gasteiger partial charge >= 0.3 is 6.03 Å². The van der Waals surface area contributed by atoms with E-state index in [0.717, 1.165) is 19.6 Å². The summed E-state index contributed by atoms with van der Waals surface area (Å²) in [5, 5.41) is 7.17. The summed E-state index contributed by atoms with van der Waals surface area (Å²) in [6.07, 6.45) is 2.17. The van der Waals surface area contributed by atoms with E-state index >= 15 is 0 Å². The number of nitrogens with one attached hydrogen (secondary N) is 1. The quantitative estimate of drug-likeness (QED) is 0.533. The third-order valence-corrected chi connectivity index (χ3v) is 5.07. The van der Waals surface area contributed by atoms with Gasteiger partial charge in [-0.25, -0.2) is 14.2 Å². The fraction of sp³-hybridized carbons (Fsp3) is 0.435. The number of oxazole rings is 1. The van der Waals surface area contributed by atoms with Crippen LogP contribution in [0, 0.1) is 5.82 Å². The molecular formula is C23H30FN5O3. The van der Waals surface area contributed by atoms with Crippen LogP contribution in [0.4, 0.5) is 9.18 Å². The molecule has 0 saturated carbocycles. The Hall–Kier alpha value is -3.20. The van der Waals surface area contributed by atoms with Crippen molar-refractivity contribution in [3.8, 4) is 28.5 Å². The lowest BCUT2D eigenvalue weighted by Crippen LogP contribution is -2.34. The molecule has 0 aliphatic heterocycles. The zero-order chi connectivity index (χ0) is 23.3. The monoisotopic (exact) mass is 443 g/mol. The normalized spacial score (nSPS) is 11.4. The van der Waals surface area contributed by atoms with Crippen molar-refractivity contribution in [2.45, 2.75) is 40.2 Å². The van der Waals surface area contributed by atoms with Gasteiger partial charge in [0.1, 0.15) is 23.0 Å². The van der Waals surface area contributed by atoms with Gasteiger partial charge in [-0.15, -0.1) is 0 Å². The maximum atomic E-state index is 13.8. The van der Waals surface area contributed by atoms with Crippen molar-refractivity contribution in [2.75, 3.05) is 26.7 Å². The molecular weight excluding hydrogens is 413 g/mol. The smallest absolute Gasteiger partial charge is 0.342 e. The van der Waals surface area contributed by atoms with E-state index in [1.165, 1.54) is 23.9 Å². The van der Waals surface area contributed by atoms with E-state index in [0.29, 0.717) is 40.8 Å². The van der Waals surface area contributed by atoms with Crippen molar-refractivity contribution in [3.05, 3.63) is 42.2 Å². The highest BCUT2D eigenvalue weighted by molar-refractivity contribution is 5.80. The number of carbonyl (C=O) groups is 1. The van der Waals surface area contributed by atoms with Crippen LogP contribution in [0.3, 0.4) is 0 Å². The van der Waals surface area contributed by atoms with Crippen LogP contribution in [-0.2, 0) is 6.42 Å². The zero-order valence-electron chi connectivity index (χ0n) is 19.2. The van der Waals surface area contributed by atoms with Gasteiger partial charge in [-0.2, -0.15) is 9.78 Å². The number of carbonyl (C=O) groups excluding carboxylic acids is 1. The molecule has 0 fully saturated rings. The van der Waals surface area contributed by atoms with Gasteiger partial charge < -0.3 is 19.4 Å².